The molecule has 1 saturated heterocycles. The number of unbranched alkanes of at least 4 members (excludes halogenated alkanes) is 1. The highest BCUT2D eigenvalue weighted by molar-refractivity contribution is 6.01. The van der Waals surface area contributed by atoms with Gasteiger partial charge in [-0.25, -0.2) is 4.79 Å². The number of urea groups is 1. The Labute approximate surface area is 131 Å². The van der Waals surface area contributed by atoms with Crippen molar-refractivity contribution in [1.82, 2.24) is 20.9 Å². The van der Waals surface area contributed by atoms with Crippen molar-refractivity contribution < 1.29 is 14.3 Å². The largest absolute Gasteiger partial charge is 0.381 e. The van der Waals surface area contributed by atoms with E-state index in [1.165, 1.54) is 4.90 Å². The first-order valence-electron chi connectivity index (χ1n) is 7.79. The molecule has 0 aromatic rings. The number of carbonyl (C=O) groups excluding carboxylic acids is 2. The molecule has 1 rings (SSSR count). The molecule has 0 aromatic heterocycles. The Hall–Kier alpha value is -1.83. The lowest BCUT2D eigenvalue weighted by atomic mass is 10.4. The average molecular weight is 313 g/mol. The van der Waals surface area contributed by atoms with Crippen LogP contribution < -0.4 is 16.0 Å². The second-order valence-electron chi connectivity index (χ2n) is 4.95. The summed E-state index contributed by atoms with van der Waals surface area (Å²) in [4.78, 5) is 28.0. The van der Waals surface area contributed by atoms with Crippen LogP contribution in [0.25, 0.3) is 0 Å². The van der Waals surface area contributed by atoms with Crippen molar-refractivity contribution >= 4 is 17.9 Å². The SMILES string of the molecule is CCCCOCCCNC(=NC)NCCN1C(=O)CNC1=O. The Morgan fingerprint density at radius 2 is 2.00 bits per heavy atom. The van der Waals surface area contributed by atoms with E-state index in [0.29, 0.717) is 19.0 Å². The van der Waals surface area contributed by atoms with Crippen LogP contribution in [-0.2, 0) is 9.53 Å². The zero-order valence-electron chi connectivity index (χ0n) is 13.5. The predicted octanol–water partition coefficient (Wildman–Crippen LogP) is -0.0900. The Morgan fingerprint density at radius 3 is 2.64 bits per heavy atom. The molecule has 22 heavy (non-hydrogen) atoms. The summed E-state index contributed by atoms with van der Waals surface area (Å²) in [6.07, 6.45) is 3.14. The summed E-state index contributed by atoms with van der Waals surface area (Å²) in [6, 6.07) is -0.334. The predicted molar refractivity (Wildman–Crippen MR) is 84.8 cm³/mol. The molecule has 0 unspecified atom stereocenters. The van der Waals surface area contributed by atoms with Gasteiger partial charge in [0.1, 0.15) is 0 Å². The topological polar surface area (TPSA) is 95.1 Å². The Balaban J connectivity index is 2.07. The van der Waals surface area contributed by atoms with Crippen LogP contribution in [0.1, 0.15) is 26.2 Å². The van der Waals surface area contributed by atoms with E-state index in [2.05, 4.69) is 27.9 Å². The highest BCUT2D eigenvalue weighted by atomic mass is 16.5. The molecule has 0 radical (unpaired) electrons. The molecule has 8 heteroatoms. The van der Waals surface area contributed by atoms with Crippen LogP contribution in [-0.4, -0.2) is 69.2 Å². The molecule has 1 fully saturated rings. The lowest BCUT2D eigenvalue weighted by molar-refractivity contribution is -0.124. The lowest BCUT2D eigenvalue weighted by Crippen LogP contribution is -2.43. The number of nitrogens with zero attached hydrogens (tertiary/aromatic N) is 2. The summed E-state index contributed by atoms with van der Waals surface area (Å²) < 4.78 is 5.47. The fourth-order valence-corrected chi connectivity index (χ4v) is 1.92. The number of nitrogens with one attached hydrogen (secondary N) is 3. The van der Waals surface area contributed by atoms with Gasteiger partial charge in [-0.05, 0) is 12.8 Å². The Morgan fingerprint density at radius 1 is 1.27 bits per heavy atom. The number of hydrogen-bond donors (Lipinski definition) is 3. The summed E-state index contributed by atoms with van der Waals surface area (Å²) in [5, 5.41) is 8.72. The summed E-state index contributed by atoms with van der Waals surface area (Å²) in [6.45, 7) is 5.32. The first-order chi connectivity index (χ1) is 10.7. The maximum atomic E-state index is 11.4. The van der Waals surface area contributed by atoms with Gasteiger partial charge in [-0.15, -0.1) is 0 Å². The molecule has 3 N–H and O–H groups in total. The molecule has 1 aliphatic rings. The summed E-state index contributed by atoms with van der Waals surface area (Å²) in [7, 11) is 1.68. The third-order valence-corrected chi connectivity index (χ3v) is 3.19. The van der Waals surface area contributed by atoms with Crippen LogP contribution in [0.5, 0.6) is 0 Å². The molecular weight excluding hydrogens is 286 g/mol. The minimum atomic E-state index is -0.334. The van der Waals surface area contributed by atoms with Crippen molar-refractivity contribution in [3.63, 3.8) is 0 Å². The van der Waals surface area contributed by atoms with Crippen molar-refractivity contribution in [3.05, 3.63) is 0 Å². The smallest absolute Gasteiger partial charge is 0.324 e. The minimum Gasteiger partial charge on any atom is -0.381 e. The van der Waals surface area contributed by atoms with Crippen molar-refractivity contribution in [3.8, 4) is 0 Å². The van der Waals surface area contributed by atoms with Crippen LogP contribution >= 0.6 is 0 Å². The number of aliphatic imine (C=N–C) groups is 1. The maximum absolute atomic E-state index is 11.4. The monoisotopic (exact) mass is 313 g/mol. The second kappa shape index (κ2) is 10.8. The standard InChI is InChI=1S/C14H27N5O3/c1-3-4-9-22-10-5-6-16-13(15-2)17-7-8-19-12(20)11-18-14(19)21/h3-11H2,1-2H3,(H,18,21)(H2,15,16,17). The van der Waals surface area contributed by atoms with Crippen LogP contribution in [0.15, 0.2) is 4.99 Å². The summed E-state index contributed by atoms with van der Waals surface area (Å²) >= 11 is 0. The molecule has 1 aliphatic heterocycles. The number of imide groups is 1. The molecule has 0 saturated carbocycles. The molecule has 126 valence electrons. The average Bonchev–Trinajstić information content (AvgIpc) is 2.84. The van der Waals surface area contributed by atoms with Crippen LogP contribution in [0, 0.1) is 0 Å². The van der Waals surface area contributed by atoms with Gasteiger partial charge in [-0.2, -0.15) is 0 Å². The van der Waals surface area contributed by atoms with Crippen LogP contribution in [0.2, 0.25) is 0 Å². The third-order valence-electron chi connectivity index (χ3n) is 3.19. The van der Waals surface area contributed by atoms with Gasteiger partial charge >= 0.3 is 6.03 Å². The number of rotatable bonds is 10. The van der Waals surface area contributed by atoms with Gasteiger partial charge in [-0.1, -0.05) is 13.3 Å². The van der Waals surface area contributed by atoms with Gasteiger partial charge < -0.3 is 20.7 Å². The fourth-order valence-electron chi connectivity index (χ4n) is 1.92. The van der Waals surface area contributed by atoms with E-state index in [-0.39, 0.29) is 18.5 Å². The molecule has 1 heterocycles. The van der Waals surface area contributed by atoms with Crippen molar-refractivity contribution in [2.24, 2.45) is 4.99 Å². The third kappa shape index (κ3) is 6.75. The molecule has 8 nitrogen and oxygen atoms in total. The molecule has 0 aliphatic carbocycles. The quantitative estimate of drug-likeness (QED) is 0.227. The summed E-state index contributed by atoms with van der Waals surface area (Å²) in [5.74, 6) is 0.458. The Kier molecular flexibility index (Phi) is 8.97. The van der Waals surface area contributed by atoms with E-state index in [1.807, 2.05) is 0 Å². The molecule has 0 aromatic carbocycles. The normalized spacial score (nSPS) is 15.2. The summed E-state index contributed by atoms with van der Waals surface area (Å²) in [5.41, 5.74) is 0. The van der Waals surface area contributed by atoms with Gasteiger partial charge in [0, 0.05) is 39.9 Å². The second-order valence-corrected chi connectivity index (χ2v) is 4.95. The zero-order valence-corrected chi connectivity index (χ0v) is 13.5. The van der Waals surface area contributed by atoms with Crippen molar-refractivity contribution in [1.29, 1.82) is 0 Å². The first-order valence-corrected chi connectivity index (χ1v) is 7.79. The van der Waals surface area contributed by atoms with E-state index < -0.39 is 0 Å². The highest BCUT2D eigenvalue weighted by Crippen LogP contribution is 1.96. The lowest BCUT2D eigenvalue weighted by Gasteiger charge is -2.15. The van der Waals surface area contributed by atoms with Gasteiger partial charge in [0.2, 0.25) is 5.91 Å². The van der Waals surface area contributed by atoms with E-state index in [0.717, 1.165) is 39.0 Å². The van der Waals surface area contributed by atoms with Gasteiger partial charge in [0.15, 0.2) is 5.96 Å². The number of hydrogen-bond acceptors (Lipinski definition) is 4. The minimum absolute atomic E-state index is 0.0871. The van der Waals surface area contributed by atoms with Crippen molar-refractivity contribution in [2.75, 3.05) is 46.4 Å². The molecule has 0 atom stereocenters. The first kappa shape index (κ1) is 18.2. The van der Waals surface area contributed by atoms with E-state index in [4.69, 9.17) is 4.74 Å². The molecule has 0 spiro atoms. The number of amides is 3. The maximum Gasteiger partial charge on any atom is 0.324 e. The van der Waals surface area contributed by atoms with Gasteiger partial charge in [0.05, 0.1) is 6.54 Å². The number of guanidine groups is 1. The Bertz CT molecular complexity index is 371. The van der Waals surface area contributed by atoms with Gasteiger partial charge in [-0.3, -0.25) is 14.7 Å². The molecule has 0 bridgehead atoms. The van der Waals surface area contributed by atoms with Gasteiger partial charge in [0.25, 0.3) is 0 Å². The fraction of sp³-hybridized carbons (Fsp3) is 0.786. The zero-order chi connectivity index (χ0) is 16.2. The number of ether oxygens (including phenoxy) is 1. The number of carbonyl (C=O) groups is 2. The van der Waals surface area contributed by atoms with Crippen molar-refractivity contribution in [2.45, 2.75) is 26.2 Å². The van der Waals surface area contributed by atoms with E-state index >= 15 is 0 Å². The van der Waals surface area contributed by atoms with E-state index in [9.17, 15) is 9.59 Å². The van der Waals surface area contributed by atoms with Crippen LogP contribution in [0.3, 0.4) is 0 Å². The van der Waals surface area contributed by atoms with E-state index in [1.54, 1.807) is 7.05 Å². The molecule has 3 amide bonds. The highest BCUT2D eigenvalue weighted by Gasteiger charge is 2.27. The molecular formula is C14H27N5O3. The van der Waals surface area contributed by atoms with Crippen LogP contribution in [0.4, 0.5) is 4.79 Å².